The van der Waals surface area contributed by atoms with E-state index in [1.54, 1.807) is 17.8 Å². The van der Waals surface area contributed by atoms with Crippen LogP contribution < -0.4 is 16.6 Å². The van der Waals surface area contributed by atoms with Gasteiger partial charge in [0.1, 0.15) is 6.10 Å². The summed E-state index contributed by atoms with van der Waals surface area (Å²) in [7, 11) is 0. The standard InChI is InChI=1S/C12H19N3O4S/c1-2-20-7-5-8(13)10(16)12(18)15-14-11(17)9-4-3-6-19-9/h3-4,6,8,10,16H,2,5,7,13H2,1H3,(H,14,17)(H,15,18). The van der Waals surface area contributed by atoms with Gasteiger partial charge in [0.25, 0.3) is 5.91 Å². The van der Waals surface area contributed by atoms with Crippen LogP contribution in [0.1, 0.15) is 23.9 Å². The SMILES string of the molecule is CCSCCC(N)C(O)C(=O)NNC(=O)c1ccco1. The number of aliphatic hydroxyl groups excluding tert-OH is 1. The molecule has 1 aromatic heterocycles. The van der Waals surface area contributed by atoms with Crippen molar-refractivity contribution in [1.82, 2.24) is 10.9 Å². The van der Waals surface area contributed by atoms with Crippen LogP contribution in [0.4, 0.5) is 0 Å². The van der Waals surface area contributed by atoms with Crippen molar-refractivity contribution in [2.24, 2.45) is 5.73 Å². The van der Waals surface area contributed by atoms with Crippen LogP contribution in [0, 0.1) is 0 Å². The Kier molecular flexibility index (Phi) is 7.13. The number of thioether (sulfide) groups is 1. The van der Waals surface area contributed by atoms with Crippen molar-refractivity contribution in [3.05, 3.63) is 24.2 Å². The lowest BCUT2D eigenvalue weighted by Gasteiger charge is -2.18. The van der Waals surface area contributed by atoms with Gasteiger partial charge in [0.05, 0.1) is 6.26 Å². The highest BCUT2D eigenvalue weighted by Crippen LogP contribution is 2.05. The fourth-order valence-corrected chi connectivity index (χ4v) is 2.11. The van der Waals surface area contributed by atoms with E-state index in [4.69, 9.17) is 10.2 Å². The molecule has 112 valence electrons. The number of amides is 2. The summed E-state index contributed by atoms with van der Waals surface area (Å²) in [5.74, 6) is 0.419. The maximum Gasteiger partial charge on any atom is 0.305 e. The zero-order chi connectivity index (χ0) is 15.0. The molecule has 0 saturated carbocycles. The highest BCUT2D eigenvalue weighted by atomic mass is 32.2. The Balaban J connectivity index is 2.32. The van der Waals surface area contributed by atoms with E-state index in [1.165, 1.54) is 12.3 Å². The minimum absolute atomic E-state index is 0.0587. The van der Waals surface area contributed by atoms with Crippen molar-refractivity contribution >= 4 is 23.6 Å². The van der Waals surface area contributed by atoms with E-state index >= 15 is 0 Å². The molecule has 0 radical (unpaired) electrons. The average molecular weight is 301 g/mol. The molecule has 7 nitrogen and oxygen atoms in total. The Labute approximate surface area is 121 Å². The first-order chi connectivity index (χ1) is 9.56. The number of furan rings is 1. The zero-order valence-electron chi connectivity index (χ0n) is 11.2. The first-order valence-corrected chi connectivity index (χ1v) is 7.36. The molecule has 0 aromatic carbocycles. The third-order valence-electron chi connectivity index (χ3n) is 2.52. The molecule has 1 aromatic rings. The molecule has 1 heterocycles. The summed E-state index contributed by atoms with van der Waals surface area (Å²) in [6, 6.07) is 2.33. The average Bonchev–Trinajstić information content (AvgIpc) is 2.97. The van der Waals surface area contributed by atoms with E-state index in [-0.39, 0.29) is 5.76 Å². The van der Waals surface area contributed by atoms with Gasteiger partial charge in [0.2, 0.25) is 0 Å². The van der Waals surface area contributed by atoms with Crippen molar-refractivity contribution in [2.75, 3.05) is 11.5 Å². The number of rotatable bonds is 7. The van der Waals surface area contributed by atoms with Crippen LogP contribution in [0.15, 0.2) is 22.8 Å². The van der Waals surface area contributed by atoms with Gasteiger partial charge in [-0.2, -0.15) is 11.8 Å². The van der Waals surface area contributed by atoms with Gasteiger partial charge in [-0.1, -0.05) is 6.92 Å². The summed E-state index contributed by atoms with van der Waals surface area (Å²) in [5, 5.41) is 9.71. The summed E-state index contributed by atoms with van der Waals surface area (Å²) < 4.78 is 4.85. The van der Waals surface area contributed by atoms with Crippen molar-refractivity contribution in [2.45, 2.75) is 25.5 Å². The van der Waals surface area contributed by atoms with E-state index in [1.807, 2.05) is 6.92 Å². The highest BCUT2D eigenvalue weighted by Gasteiger charge is 2.23. The number of hydrazine groups is 1. The predicted octanol–water partition coefficient (Wildman–Crippen LogP) is -0.128. The highest BCUT2D eigenvalue weighted by molar-refractivity contribution is 7.99. The van der Waals surface area contributed by atoms with Crippen LogP contribution in [0.3, 0.4) is 0 Å². The largest absolute Gasteiger partial charge is 0.459 e. The minimum atomic E-state index is -1.37. The molecule has 1 rings (SSSR count). The van der Waals surface area contributed by atoms with Gasteiger partial charge in [0, 0.05) is 6.04 Å². The number of carbonyl (C=O) groups excluding carboxylic acids is 2. The van der Waals surface area contributed by atoms with E-state index < -0.39 is 24.0 Å². The van der Waals surface area contributed by atoms with Crippen LogP contribution in [0.5, 0.6) is 0 Å². The quantitative estimate of drug-likeness (QED) is 0.412. The molecule has 20 heavy (non-hydrogen) atoms. The Hall–Kier alpha value is -1.51. The third-order valence-corrected chi connectivity index (χ3v) is 3.45. The second-order valence-corrected chi connectivity index (χ2v) is 5.41. The second-order valence-electron chi connectivity index (χ2n) is 4.01. The zero-order valence-corrected chi connectivity index (χ0v) is 12.0. The number of nitrogens with one attached hydrogen (secondary N) is 2. The van der Waals surface area contributed by atoms with Crippen LogP contribution in [0.2, 0.25) is 0 Å². The summed E-state index contributed by atoms with van der Waals surface area (Å²) in [4.78, 5) is 23.1. The number of aliphatic hydroxyl groups is 1. The van der Waals surface area contributed by atoms with Crippen LogP contribution in [-0.4, -0.2) is 40.6 Å². The molecule has 2 atom stereocenters. The summed E-state index contributed by atoms with van der Waals surface area (Å²) in [6.45, 7) is 2.02. The fourth-order valence-electron chi connectivity index (χ4n) is 1.38. The number of hydrogen-bond acceptors (Lipinski definition) is 6. The molecule has 0 spiro atoms. The molecule has 2 unspecified atom stereocenters. The maximum atomic E-state index is 11.6. The molecule has 0 aliphatic carbocycles. The molecule has 2 amide bonds. The Morgan fingerprint density at radius 2 is 2.25 bits per heavy atom. The van der Waals surface area contributed by atoms with Gasteiger partial charge in [0.15, 0.2) is 5.76 Å². The topological polar surface area (TPSA) is 118 Å². The third kappa shape index (κ3) is 5.24. The first kappa shape index (κ1) is 16.5. The van der Waals surface area contributed by atoms with Crippen molar-refractivity contribution in [3.63, 3.8) is 0 Å². The summed E-state index contributed by atoms with van der Waals surface area (Å²) >= 11 is 1.68. The van der Waals surface area contributed by atoms with Gasteiger partial charge in [-0.05, 0) is 30.1 Å². The molecule has 0 bridgehead atoms. The van der Waals surface area contributed by atoms with E-state index in [0.717, 1.165) is 11.5 Å². The smallest absolute Gasteiger partial charge is 0.305 e. The molecule has 0 aliphatic heterocycles. The van der Waals surface area contributed by atoms with E-state index in [9.17, 15) is 14.7 Å². The molecule has 0 fully saturated rings. The van der Waals surface area contributed by atoms with Crippen LogP contribution >= 0.6 is 11.8 Å². The number of carbonyl (C=O) groups is 2. The van der Waals surface area contributed by atoms with Crippen molar-refractivity contribution < 1.29 is 19.1 Å². The number of nitrogens with two attached hydrogens (primary N) is 1. The Morgan fingerprint density at radius 3 is 2.85 bits per heavy atom. The molecule has 5 N–H and O–H groups in total. The first-order valence-electron chi connectivity index (χ1n) is 6.21. The molecule has 8 heteroatoms. The molecule has 0 saturated heterocycles. The van der Waals surface area contributed by atoms with Gasteiger partial charge >= 0.3 is 5.91 Å². The van der Waals surface area contributed by atoms with Gasteiger partial charge in [-0.15, -0.1) is 0 Å². The predicted molar refractivity (Wildman–Crippen MR) is 75.9 cm³/mol. The van der Waals surface area contributed by atoms with Gasteiger partial charge in [-0.3, -0.25) is 20.4 Å². The van der Waals surface area contributed by atoms with Crippen LogP contribution in [-0.2, 0) is 4.79 Å². The Morgan fingerprint density at radius 1 is 1.50 bits per heavy atom. The molecule has 0 aliphatic rings. The normalized spacial score (nSPS) is 13.6. The van der Waals surface area contributed by atoms with E-state index in [2.05, 4.69) is 10.9 Å². The molecular formula is C12H19N3O4S. The molecular weight excluding hydrogens is 282 g/mol. The Bertz CT molecular complexity index is 424. The van der Waals surface area contributed by atoms with Crippen molar-refractivity contribution in [3.8, 4) is 0 Å². The van der Waals surface area contributed by atoms with Gasteiger partial charge in [-0.25, -0.2) is 0 Å². The van der Waals surface area contributed by atoms with Crippen molar-refractivity contribution in [1.29, 1.82) is 0 Å². The minimum Gasteiger partial charge on any atom is -0.459 e. The monoisotopic (exact) mass is 301 g/mol. The lowest BCUT2D eigenvalue weighted by Crippen LogP contribution is -2.52. The van der Waals surface area contributed by atoms with Gasteiger partial charge < -0.3 is 15.3 Å². The lowest BCUT2D eigenvalue weighted by atomic mass is 10.1. The number of hydrogen-bond donors (Lipinski definition) is 4. The van der Waals surface area contributed by atoms with Crippen LogP contribution in [0.25, 0.3) is 0 Å². The fraction of sp³-hybridized carbons (Fsp3) is 0.500. The van der Waals surface area contributed by atoms with E-state index in [0.29, 0.717) is 6.42 Å². The summed E-state index contributed by atoms with van der Waals surface area (Å²) in [6.07, 6.45) is 0.482. The maximum absolute atomic E-state index is 11.6. The summed E-state index contributed by atoms with van der Waals surface area (Å²) in [5.41, 5.74) is 9.95. The lowest BCUT2D eigenvalue weighted by molar-refractivity contribution is -0.131. The second kappa shape index (κ2) is 8.62.